The molecule has 4 heteroatoms. The van der Waals surface area contributed by atoms with E-state index in [9.17, 15) is 4.79 Å². The third-order valence-electron chi connectivity index (χ3n) is 2.52. The van der Waals surface area contributed by atoms with Gasteiger partial charge in [-0.2, -0.15) is 0 Å². The van der Waals surface area contributed by atoms with Crippen LogP contribution in [0.4, 0.5) is 0 Å². The van der Waals surface area contributed by atoms with Crippen LogP contribution in [-0.4, -0.2) is 25.7 Å². The van der Waals surface area contributed by atoms with Crippen molar-refractivity contribution in [1.82, 2.24) is 0 Å². The molecule has 0 heterocycles. The number of carbonyl (C=O) groups is 1. The van der Waals surface area contributed by atoms with Gasteiger partial charge in [-0.15, -0.1) is 0 Å². The summed E-state index contributed by atoms with van der Waals surface area (Å²) in [4.78, 5) is 10.9. The van der Waals surface area contributed by atoms with Gasteiger partial charge in [-0.3, -0.25) is 4.79 Å². The Hall–Kier alpha value is -1.55. The van der Waals surface area contributed by atoms with Crippen molar-refractivity contribution in [3.8, 4) is 5.75 Å². The van der Waals surface area contributed by atoms with Gasteiger partial charge in [0.05, 0.1) is 13.7 Å². The molecule has 0 spiro atoms. The number of esters is 1. The van der Waals surface area contributed by atoms with Gasteiger partial charge in [0.1, 0.15) is 5.75 Å². The predicted molar refractivity (Wildman–Crippen MR) is 70.5 cm³/mol. The van der Waals surface area contributed by atoms with Gasteiger partial charge in [0, 0.05) is 12.5 Å². The highest BCUT2D eigenvalue weighted by Crippen LogP contribution is 2.19. The quantitative estimate of drug-likeness (QED) is 0.594. The molecule has 0 aliphatic carbocycles. The normalized spacial score (nSPS) is 11.9. The van der Waals surface area contributed by atoms with E-state index >= 15 is 0 Å². The maximum atomic E-state index is 10.9. The monoisotopic (exact) mass is 251 g/mol. The number of hydrogen-bond donors (Lipinski definition) is 1. The van der Waals surface area contributed by atoms with Crippen LogP contribution in [0.2, 0.25) is 0 Å². The van der Waals surface area contributed by atoms with Gasteiger partial charge in [-0.05, 0) is 31.4 Å². The summed E-state index contributed by atoms with van der Waals surface area (Å²) in [5.41, 5.74) is 6.89. The van der Waals surface area contributed by atoms with Crippen LogP contribution in [0.3, 0.4) is 0 Å². The lowest BCUT2D eigenvalue weighted by Crippen LogP contribution is -2.18. The Kier molecular flexibility index (Phi) is 6.22. The van der Waals surface area contributed by atoms with Crippen molar-refractivity contribution in [2.75, 3.05) is 13.7 Å². The van der Waals surface area contributed by atoms with Gasteiger partial charge in [0.25, 0.3) is 0 Å². The summed E-state index contributed by atoms with van der Waals surface area (Å²) in [5.74, 6) is 0.641. The molecule has 0 amide bonds. The molecule has 0 aromatic heterocycles. The molecule has 0 aliphatic heterocycles. The van der Waals surface area contributed by atoms with Crippen molar-refractivity contribution in [2.45, 2.75) is 32.2 Å². The second-order valence-corrected chi connectivity index (χ2v) is 4.32. The van der Waals surface area contributed by atoms with Crippen LogP contribution in [0.1, 0.15) is 25.3 Å². The molecule has 18 heavy (non-hydrogen) atoms. The Labute approximate surface area is 108 Å². The highest BCUT2D eigenvalue weighted by Gasteiger charge is 2.06. The Morgan fingerprint density at radius 1 is 1.39 bits per heavy atom. The lowest BCUT2D eigenvalue weighted by molar-refractivity contribution is -0.140. The van der Waals surface area contributed by atoms with Crippen LogP contribution < -0.4 is 10.5 Å². The van der Waals surface area contributed by atoms with E-state index in [1.807, 2.05) is 31.2 Å². The zero-order chi connectivity index (χ0) is 13.4. The summed E-state index contributed by atoms with van der Waals surface area (Å²) in [6, 6.07) is 7.94. The summed E-state index contributed by atoms with van der Waals surface area (Å²) >= 11 is 0. The fraction of sp³-hybridized carbons (Fsp3) is 0.500. The molecule has 0 fully saturated rings. The van der Waals surface area contributed by atoms with Crippen molar-refractivity contribution < 1.29 is 14.3 Å². The van der Waals surface area contributed by atoms with Crippen molar-refractivity contribution in [3.63, 3.8) is 0 Å². The summed E-state index contributed by atoms with van der Waals surface area (Å²) in [6.45, 7) is 2.47. The van der Waals surface area contributed by atoms with E-state index in [4.69, 9.17) is 10.5 Å². The topological polar surface area (TPSA) is 61.5 Å². The molecular weight excluding hydrogens is 230 g/mol. The van der Waals surface area contributed by atoms with Crippen molar-refractivity contribution in [2.24, 2.45) is 5.73 Å². The molecular formula is C14H21NO3. The number of ether oxygens (including phenoxy) is 2. The zero-order valence-corrected chi connectivity index (χ0v) is 11.0. The SMILES string of the molecule is COC(=O)CCCOc1ccccc1CC(C)N. The maximum Gasteiger partial charge on any atom is 0.305 e. The summed E-state index contributed by atoms with van der Waals surface area (Å²) in [7, 11) is 1.39. The Bertz CT molecular complexity index is 377. The number of hydrogen-bond acceptors (Lipinski definition) is 4. The first kappa shape index (κ1) is 14.5. The predicted octanol–water partition coefficient (Wildman–Crippen LogP) is 1.91. The lowest BCUT2D eigenvalue weighted by Gasteiger charge is -2.12. The number of methoxy groups -OCH3 is 1. The summed E-state index contributed by atoms with van der Waals surface area (Å²) in [6.07, 6.45) is 1.82. The van der Waals surface area contributed by atoms with Gasteiger partial charge in [0.15, 0.2) is 0 Å². The van der Waals surface area contributed by atoms with Gasteiger partial charge in [-0.25, -0.2) is 0 Å². The minimum absolute atomic E-state index is 0.102. The smallest absolute Gasteiger partial charge is 0.305 e. The van der Waals surface area contributed by atoms with E-state index in [1.165, 1.54) is 7.11 Å². The molecule has 0 radical (unpaired) electrons. The first-order valence-corrected chi connectivity index (χ1v) is 6.16. The average Bonchev–Trinajstić information content (AvgIpc) is 2.35. The third-order valence-corrected chi connectivity index (χ3v) is 2.52. The van der Waals surface area contributed by atoms with Crippen molar-refractivity contribution in [3.05, 3.63) is 29.8 Å². The third kappa shape index (κ3) is 5.19. The van der Waals surface area contributed by atoms with Crippen LogP contribution in [0.5, 0.6) is 5.75 Å². The molecule has 2 N–H and O–H groups in total. The standard InChI is InChI=1S/C14H21NO3/c1-11(15)10-12-6-3-4-7-13(12)18-9-5-8-14(16)17-2/h3-4,6-7,11H,5,8-10,15H2,1-2H3. The largest absolute Gasteiger partial charge is 0.493 e. The maximum absolute atomic E-state index is 10.9. The minimum atomic E-state index is -0.206. The van der Waals surface area contributed by atoms with Gasteiger partial charge < -0.3 is 15.2 Å². The van der Waals surface area contributed by atoms with E-state index in [2.05, 4.69) is 4.74 Å². The molecule has 0 aliphatic rings. The van der Waals surface area contributed by atoms with Gasteiger partial charge in [0.2, 0.25) is 0 Å². The second kappa shape index (κ2) is 7.71. The molecule has 1 rings (SSSR count). The number of benzene rings is 1. The zero-order valence-electron chi connectivity index (χ0n) is 11.0. The first-order valence-electron chi connectivity index (χ1n) is 6.16. The molecule has 1 aromatic rings. The average molecular weight is 251 g/mol. The molecule has 1 unspecified atom stereocenters. The molecule has 0 bridgehead atoms. The number of carbonyl (C=O) groups excluding carboxylic acids is 1. The van der Waals surface area contributed by atoms with E-state index in [-0.39, 0.29) is 12.0 Å². The van der Waals surface area contributed by atoms with Crippen LogP contribution >= 0.6 is 0 Å². The van der Waals surface area contributed by atoms with E-state index in [1.54, 1.807) is 0 Å². The van der Waals surface area contributed by atoms with E-state index < -0.39 is 0 Å². The molecule has 1 atom stereocenters. The Morgan fingerprint density at radius 2 is 2.11 bits per heavy atom. The van der Waals surface area contributed by atoms with Crippen LogP contribution in [0, 0.1) is 0 Å². The van der Waals surface area contributed by atoms with Crippen molar-refractivity contribution >= 4 is 5.97 Å². The van der Waals surface area contributed by atoms with E-state index in [0.717, 1.165) is 17.7 Å². The summed E-state index contributed by atoms with van der Waals surface area (Å²) in [5, 5.41) is 0. The first-order chi connectivity index (χ1) is 8.63. The molecule has 0 saturated carbocycles. The fourth-order valence-electron chi connectivity index (χ4n) is 1.66. The van der Waals surface area contributed by atoms with Crippen LogP contribution in [-0.2, 0) is 16.0 Å². The van der Waals surface area contributed by atoms with Gasteiger partial charge in [-0.1, -0.05) is 18.2 Å². The second-order valence-electron chi connectivity index (χ2n) is 4.32. The highest BCUT2D eigenvalue weighted by atomic mass is 16.5. The highest BCUT2D eigenvalue weighted by molar-refractivity contribution is 5.69. The Balaban J connectivity index is 2.43. The van der Waals surface area contributed by atoms with Crippen LogP contribution in [0.15, 0.2) is 24.3 Å². The Morgan fingerprint density at radius 3 is 2.78 bits per heavy atom. The minimum Gasteiger partial charge on any atom is -0.493 e. The number of rotatable bonds is 7. The lowest BCUT2D eigenvalue weighted by atomic mass is 10.1. The molecule has 100 valence electrons. The number of para-hydroxylation sites is 1. The van der Waals surface area contributed by atoms with Gasteiger partial charge >= 0.3 is 5.97 Å². The fourth-order valence-corrected chi connectivity index (χ4v) is 1.66. The number of nitrogens with two attached hydrogens (primary N) is 1. The molecule has 4 nitrogen and oxygen atoms in total. The molecule has 0 saturated heterocycles. The summed E-state index contributed by atoms with van der Waals surface area (Å²) < 4.78 is 10.2. The van der Waals surface area contributed by atoms with Crippen LogP contribution in [0.25, 0.3) is 0 Å². The molecule has 1 aromatic carbocycles. The van der Waals surface area contributed by atoms with E-state index in [0.29, 0.717) is 19.4 Å². The van der Waals surface area contributed by atoms with Crippen molar-refractivity contribution in [1.29, 1.82) is 0 Å².